The highest BCUT2D eigenvalue weighted by atomic mass is 19.1. The predicted octanol–water partition coefficient (Wildman–Crippen LogP) is 2.84. The monoisotopic (exact) mass is 408 g/mol. The van der Waals surface area contributed by atoms with Gasteiger partial charge in [-0.2, -0.15) is 5.10 Å². The summed E-state index contributed by atoms with van der Waals surface area (Å²) in [7, 11) is 0. The second kappa shape index (κ2) is 7.10. The van der Waals surface area contributed by atoms with Crippen molar-refractivity contribution in [3.05, 3.63) is 67.0 Å². The van der Waals surface area contributed by atoms with Gasteiger partial charge in [0.15, 0.2) is 11.6 Å². The molecule has 2 aliphatic heterocycles. The van der Waals surface area contributed by atoms with Gasteiger partial charge in [-0.25, -0.2) is 18.4 Å². The highest BCUT2D eigenvalue weighted by Gasteiger charge is 2.40. The molecular formula is C21H18F2N6O. The third-order valence-electron chi connectivity index (χ3n) is 5.57. The normalized spacial score (nSPS) is 24.9. The number of hydrogen-bond donors (Lipinski definition) is 2. The number of phenolic OH excluding ortho intramolecular Hbond substituents is 1. The van der Waals surface area contributed by atoms with Gasteiger partial charge in [-0.3, -0.25) is 0 Å². The summed E-state index contributed by atoms with van der Waals surface area (Å²) in [6, 6.07) is 4.53. The minimum atomic E-state index is -1.09. The lowest BCUT2D eigenvalue weighted by molar-refractivity contribution is 0.179. The molecule has 9 heteroatoms. The maximum absolute atomic E-state index is 14.7. The van der Waals surface area contributed by atoms with Crippen molar-refractivity contribution in [2.75, 3.05) is 0 Å². The van der Waals surface area contributed by atoms with Gasteiger partial charge in [0.2, 0.25) is 0 Å². The Bertz CT molecular complexity index is 1140. The lowest BCUT2D eigenvalue weighted by Gasteiger charge is -2.33. The number of aromatic hydroxyl groups is 1. The highest BCUT2D eigenvalue weighted by Crippen LogP contribution is 2.37. The first kappa shape index (κ1) is 18.6. The SMILES string of the molecule is C=C(c1cnc(-c2ccc(-n3cc(F)cn3)cc2O)nn1)[C@H]1CC2C=CC(N2)[C@H]1F. The molecule has 0 saturated carbocycles. The maximum Gasteiger partial charge on any atom is 0.185 e. The lowest BCUT2D eigenvalue weighted by Crippen LogP contribution is -2.47. The molecular weight excluding hydrogens is 390 g/mol. The van der Waals surface area contributed by atoms with Gasteiger partial charge in [0, 0.05) is 18.0 Å². The molecule has 0 aliphatic carbocycles. The molecule has 1 aromatic carbocycles. The number of fused-ring (bicyclic) bond motifs is 2. The maximum atomic E-state index is 14.7. The molecule has 3 aromatic rings. The van der Waals surface area contributed by atoms with Gasteiger partial charge in [-0.15, -0.1) is 10.2 Å². The van der Waals surface area contributed by atoms with E-state index in [0.717, 1.165) is 6.20 Å². The van der Waals surface area contributed by atoms with Crippen LogP contribution in [-0.2, 0) is 0 Å². The molecule has 1 fully saturated rings. The molecule has 4 heterocycles. The van der Waals surface area contributed by atoms with Crippen LogP contribution < -0.4 is 5.32 Å². The lowest BCUT2D eigenvalue weighted by atomic mass is 9.83. The Balaban J connectivity index is 1.37. The average Bonchev–Trinajstić information content (AvgIpc) is 3.37. The molecule has 0 spiro atoms. The van der Waals surface area contributed by atoms with Crippen LogP contribution in [0, 0.1) is 11.7 Å². The molecule has 2 bridgehead atoms. The van der Waals surface area contributed by atoms with Gasteiger partial charge in [0.1, 0.15) is 17.6 Å². The van der Waals surface area contributed by atoms with Crippen LogP contribution in [-0.4, -0.2) is 48.3 Å². The average molecular weight is 408 g/mol. The van der Waals surface area contributed by atoms with E-state index in [-0.39, 0.29) is 29.6 Å². The number of nitrogens with zero attached hydrogens (tertiary/aromatic N) is 5. The van der Waals surface area contributed by atoms with Crippen molar-refractivity contribution < 1.29 is 13.9 Å². The van der Waals surface area contributed by atoms with Gasteiger partial charge in [-0.1, -0.05) is 18.7 Å². The number of piperidine rings is 1. The highest BCUT2D eigenvalue weighted by molar-refractivity contribution is 5.67. The number of aromatic nitrogens is 5. The van der Waals surface area contributed by atoms with Crippen LogP contribution in [0.5, 0.6) is 5.75 Å². The molecule has 7 nitrogen and oxygen atoms in total. The minimum absolute atomic E-state index is 0.0957. The van der Waals surface area contributed by atoms with Crippen LogP contribution >= 0.6 is 0 Å². The van der Waals surface area contributed by atoms with Crippen LogP contribution in [0.1, 0.15) is 12.1 Å². The number of nitrogens with one attached hydrogen (secondary N) is 1. The zero-order valence-electron chi connectivity index (χ0n) is 15.8. The number of alkyl halides is 1. The first-order valence-electron chi connectivity index (χ1n) is 9.51. The van der Waals surface area contributed by atoms with Crippen LogP contribution in [0.15, 0.2) is 55.5 Å². The van der Waals surface area contributed by atoms with E-state index in [0.29, 0.717) is 28.9 Å². The number of rotatable bonds is 4. The summed E-state index contributed by atoms with van der Waals surface area (Å²) in [5.41, 5.74) is 1.84. The number of allylic oxidation sites excluding steroid dienone is 1. The van der Waals surface area contributed by atoms with Gasteiger partial charge in [0.05, 0.1) is 35.9 Å². The van der Waals surface area contributed by atoms with Crippen LogP contribution in [0.3, 0.4) is 0 Å². The van der Waals surface area contributed by atoms with Crippen molar-refractivity contribution in [3.8, 4) is 22.8 Å². The van der Waals surface area contributed by atoms with Crippen molar-refractivity contribution in [2.24, 2.45) is 5.92 Å². The molecule has 4 atom stereocenters. The van der Waals surface area contributed by atoms with E-state index in [1.807, 2.05) is 12.2 Å². The van der Waals surface area contributed by atoms with Gasteiger partial charge < -0.3 is 10.4 Å². The molecule has 0 amide bonds. The quantitative estimate of drug-likeness (QED) is 0.646. The van der Waals surface area contributed by atoms with Gasteiger partial charge in [-0.05, 0) is 24.1 Å². The summed E-state index contributed by atoms with van der Waals surface area (Å²) in [6.45, 7) is 4.04. The largest absolute Gasteiger partial charge is 0.507 e. The molecule has 1 saturated heterocycles. The van der Waals surface area contributed by atoms with Crippen molar-refractivity contribution in [3.63, 3.8) is 0 Å². The van der Waals surface area contributed by atoms with E-state index < -0.39 is 12.0 Å². The van der Waals surface area contributed by atoms with Crippen molar-refractivity contribution >= 4 is 5.57 Å². The first-order valence-corrected chi connectivity index (χ1v) is 9.51. The second-order valence-electron chi connectivity index (χ2n) is 7.47. The Hall–Kier alpha value is -3.46. The Morgan fingerprint density at radius 1 is 1.23 bits per heavy atom. The molecule has 0 radical (unpaired) electrons. The Kier molecular flexibility index (Phi) is 4.39. The topological polar surface area (TPSA) is 88.8 Å². The van der Waals surface area contributed by atoms with E-state index in [1.54, 1.807) is 12.1 Å². The van der Waals surface area contributed by atoms with Crippen LogP contribution in [0.25, 0.3) is 22.6 Å². The summed E-state index contributed by atoms with van der Waals surface area (Å²) < 4.78 is 29.2. The van der Waals surface area contributed by atoms with Crippen molar-refractivity contribution in [2.45, 2.75) is 24.7 Å². The molecule has 152 valence electrons. The van der Waals surface area contributed by atoms with Crippen molar-refractivity contribution in [1.29, 1.82) is 0 Å². The molecule has 2 aromatic heterocycles. The Morgan fingerprint density at radius 3 is 2.80 bits per heavy atom. The minimum Gasteiger partial charge on any atom is -0.507 e. The van der Waals surface area contributed by atoms with Crippen LogP contribution in [0.4, 0.5) is 8.78 Å². The van der Waals surface area contributed by atoms with Gasteiger partial charge in [0.25, 0.3) is 0 Å². The summed E-state index contributed by atoms with van der Waals surface area (Å²) in [5.74, 6) is -0.719. The standard InChI is InChI=1S/C21H18F2N6O/c1-11(16-6-13-2-5-17(26-13)20(16)23)18-9-24-21(28-27-18)15-4-3-14(7-19(15)30)29-10-12(22)8-25-29/h2-5,7-10,13,16-17,20,26,30H,1,6H2/t13?,16-,17?,20+/m1/s1. The molecule has 2 N–H and O–H groups in total. The summed E-state index contributed by atoms with van der Waals surface area (Å²) >= 11 is 0. The second-order valence-corrected chi connectivity index (χ2v) is 7.47. The number of halogens is 2. The Labute approximate surface area is 170 Å². The molecule has 2 aliphatic rings. The molecule has 5 rings (SSSR count). The molecule has 30 heavy (non-hydrogen) atoms. The Morgan fingerprint density at radius 2 is 2.10 bits per heavy atom. The van der Waals surface area contributed by atoms with E-state index in [4.69, 9.17) is 0 Å². The van der Waals surface area contributed by atoms with Gasteiger partial charge >= 0.3 is 0 Å². The summed E-state index contributed by atoms with van der Waals surface area (Å²) in [5, 5.41) is 25.7. The fourth-order valence-electron chi connectivity index (χ4n) is 3.97. The first-order chi connectivity index (χ1) is 14.5. The van der Waals surface area contributed by atoms with E-state index >= 15 is 0 Å². The number of hydrogen-bond acceptors (Lipinski definition) is 6. The van der Waals surface area contributed by atoms with Crippen LogP contribution in [0.2, 0.25) is 0 Å². The smallest absolute Gasteiger partial charge is 0.185 e. The summed E-state index contributed by atoms with van der Waals surface area (Å²) in [4.78, 5) is 4.28. The van der Waals surface area contributed by atoms with Crippen molar-refractivity contribution in [1.82, 2.24) is 30.3 Å². The predicted molar refractivity (Wildman–Crippen MR) is 106 cm³/mol. The van der Waals surface area contributed by atoms with E-state index in [2.05, 4.69) is 32.2 Å². The molecule has 2 unspecified atom stereocenters. The third kappa shape index (κ3) is 3.17. The number of phenols is 1. The van der Waals surface area contributed by atoms with E-state index in [9.17, 15) is 13.9 Å². The fourth-order valence-corrected chi connectivity index (χ4v) is 3.97. The third-order valence-corrected chi connectivity index (χ3v) is 5.57. The number of benzene rings is 1. The fraction of sp³-hybridized carbons (Fsp3) is 0.238. The zero-order chi connectivity index (χ0) is 20.8. The summed E-state index contributed by atoms with van der Waals surface area (Å²) in [6.07, 6.45) is 7.14. The van der Waals surface area contributed by atoms with E-state index in [1.165, 1.54) is 23.1 Å². The zero-order valence-corrected chi connectivity index (χ0v) is 15.8.